The summed E-state index contributed by atoms with van der Waals surface area (Å²) in [6.45, 7) is 0. The number of allylic oxidation sites excluding steroid dienone is 2. The standard InChI is InChI=1S/C26H37NO3/c28-23(16-12-20-8-4-3-5-9-20)17-18-24-21(13-19-25(24)29)10-6-1-2-7-11-26(30)27-22-14-15-22/h3-5,8-9,13,19,21-24,28H,1-2,6-7,10-12,14-18H2,(H,27,30)/t21-,23-,24+/m0/s1. The predicted octanol–water partition coefficient (Wildman–Crippen LogP) is 4.75. The Bertz CT molecular complexity index is 695. The second-order valence-electron chi connectivity index (χ2n) is 9.08. The van der Waals surface area contributed by atoms with Crippen LogP contribution < -0.4 is 5.32 Å². The molecule has 2 aliphatic carbocycles. The van der Waals surface area contributed by atoms with Gasteiger partial charge in [-0.25, -0.2) is 0 Å². The summed E-state index contributed by atoms with van der Waals surface area (Å²) in [5.74, 6) is 0.789. The van der Waals surface area contributed by atoms with Crippen molar-refractivity contribution in [2.75, 3.05) is 0 Å². The van der Waals surface area contributed by atoms with Crippen molar-refractivity contribution < 1.29 is 14.7 Å². The van der Waals surface area contributed by atoms with E-state index in [1.807, 2.05) is 18.2 Å². The van der Waals surface area contributed by atoms with Gasteiger partial charge in [-0.15, -0.1) is 0 Å². The molecule has 1 saturated carbocycles. The Labute approximate surface area is 181 Å². The smallest absolute Gasteiger partial charge is 0.220 e. The number of nitrogens with one attached hydrogen (secondary N) is 1. The number of carbonyl (C=O) groups is 2. The second kappa shape index (κ2) is 12.0. The van der Waals surface area contributed by atoms with E-state index >= 15 is 0 Å². The van der Waals surface area contributed by atoms with Gasteiger partial charge in [-0.05, 0) is 68.9 Å². The minimum absolute atomic E-state index is 0.0423. The van der Waals surface area contributed by atoms with Crippen molar-refractivity contribution in [2.45, 2.75) is 89.2 Å². The monoisotopic (exact) mass is 411 g/mol. The van der Waals surface area contributed by atoms with Gasteiger partial charge in [0.1, 0.15) is 0 Å². The molecule has 0 aromatic heterocycles. The Balaban J connectivity index is 1.26. The number of hydrogen-bond donors (Lipinski definition) is 2. The van der Waals surface area contributed by atoms with Crippen LogP contribution in [-0.2, 0) is 16.0 Å². The number of aryl methyl sites for hydroxylation is 1. The molecule has 164 valence electrons. The van der Waals surface area contributed by atoms with E-state index in [-0.39, 0.29) is 23.7 Å². The average molecular weight is 412 g/mol. The molecule has 1 aromatic rings. The largest absolute Gasteiger partial charge is 0.393 e. The van der Waals surface area contributed by atoms with Crippen LogP contribution in [0.4, 0.5) is 0 Å². The number of carbonyl (C=O) groups excluding carboxylic acids is 2. The summed E-state index contributed by atoms with van der Waals surface area (Å²) < 4.78 is 0. The molecule has 0 saturated heterocycles. The third kappa shape index (κ3) is 8.06. The molecule has 0 bridgehead atoms. The van der Waals surface area contributed by atoms with Crippen molar-refractivity contribution in [3.8, 4) is 0 Å². The third-order valence-electron chi connectivity index (χ3n) is 6.44. The maximum absolute atomic E-state index is 12.3. The van der Waals surface area contributed by atoms with Crippen LogP contribution in [0.1, 0.15) is 76.2 Å². The molecule has 2 aliphatic rings. The van der Waals surface area contributed by atoms with Crippen LogP contribution in [0.2, 0.25) is 0 Å². The van der Waals surface area contributed by atoms with E-state index in [2.05, 4.69) is 23.5 Å². The SMILES string of the molecule is O=C(CCCCCC[C@H]1C=CC(=O)[C@@H]1CC[C@@H](O)CCc1ccccc1)NC1CC1. The number of amides is 1. The van der Waals surface area contributed by atoms with Gasteiger partial charge in [0.05, 0.1) is 6.10 Å². The first-order valence-corrected chi connectivity index (χ1v) is 11.8. The van der Waals surface area contributed by atoms with E-state index in [1.54, 1.807) is 6.08 Å². The maximum Gasteiger partial charge on any atom is 0.220 e. The van der Waals surface area contributed by atoms with Gasteiger partial charge in [-0.3, -0.25) is 9.59 Å². The molecule has 4 nitrogen and oxygen atoms in total. The van der Waals surface area contributed by atoms with Crippen molar-refractivity contribution in [3.63, 3.8) is 0 Å². The molecular weight excluding hydrogens is 374 g/mol. The lowest BCUT2D eigenvalue weighted by atomic mass is 9.85. The van der Waals surface area contributed by atoms with Gasteiger partial charge in [0.25, 0.3) is 0 Å². The highest BCUT2D eigenvalue weighted by Crippen LogP contribution is 2.31. The minimum atomic E-state index is -0.346. The second-order valence-corrected chi connectivity index (χ2v) is 9.08. The van der Waals surface area contributed by atoms with Gasteiger partial charge in [-0.2, -0.15) is 0 Å². The van der Waals surface area contributed by atoms with E-state index in [1.165, 1.54) is 5.56 Å². The van der Waals surface area contributed by atoms with E-state index in [0.717, 1.165) is 64.2 Å². The predicted molar refractivity (Wildman–Crippen MR) is 120 cm³/mol. The van der Waals surface area contributed by atoms with E-state index in [0.29, 0.717) is 24.8 Å². The third-order valence-corrected chi connectivity index (χ3v) is 6.44. The summed E-state index contributed by atoms with van der Waals surface area (Å²) in [5.41, 5.74) is 1.25. The van der Waals surface area contributed by atoms with Gasteiger partial charge in [0, 0.05) is 18.4 Å². The molecule has 3 atom stereocenters. The molecule has 0 aliphatic heterocycles. The fourth-order valence-corrected chi connectivity index (χ4v) is 4.38. The topological polar surface area (TPSA) is 66.4 Å². The lowest BCUT2D eigenvalue weighted by molar-refractivity contribution is -0.121. The summed E-state index contributed by atoms with van der Waals surface area (Å²) in [6, 6.07) is 10.7. The maximum atomic E-state index is 12.3. The number of aliphatic hydroxyl groups is 1. The summed E-state index contributed by atoms with van der Waals surface area (Å²) in [7, 11) is 0. The molecule has 4 heteroatoms. The summed E-state index contributed by atoms with van der Waals surface area (Å²) in [6.07, 6.45) is 14.8. The number of ketones is 1. The number of unbranched alkanes of at least 4 members (excludes halogenated alkanes) is 3. The first kappa shape index (κ1) is 22.7. The van der Waals surface area contributed by atoms with Crippen molar-refractivity contribution >= 4 is 11.7 Å². The quantitative estimate of drug-likeness (QED) is 0.434. The first-order valence-electron chi connectivity index (χ1n) is 11.8. The van der Waals surface area contributed by atoms with E-state index < -0.39 is 0 Å². The number of benzene rings is 1. The van der Waals surface area contributed by atoms with Gasteiger partial charge in [0.2, 0.25) is 5.91 Å². The zero-order valence-electron chi connectivity index (χ0n) is 18.1. The normalized spacial score (nSPS) is 21.7. The first-order chi connectivity index (χ1) is 14.6. The molecule has 0 radical (unpaired) electrons. The van der Waals surface area contributed by atoms with Crippen LogP contribution in [0.3, 0.4) is 0 Å². The number of aliphatic hydroxyl groups excluding tert-OH is 1. The van der Waals surface area contributed by atoms with Crippen molar-refractivity contribution in [1.82, 2.24) is 5.32 Å². The number of hydrogen-bond acceptors (Lipinski definition) is 3. The van der Waals surface area contributed by atoms with Crippen molar-refractivity contribution in [1.29, 1.82) is 0 Å². The van der Waals surface area contributed by atoms with E-state index in [9.17, 15) is 14.7 Å². The molecule has 3 rings (SSSR count). The zero-order valence-corrected chi connectivity index (χ0v) is 18.1. The van der Waals surface area contributed by atoms with Crippen LogP contribution in [-0.4, -0.2) is 28.9 Å². The minimum Gasteiger partial charge on any atom is -0.393 e. The fraction of sp³-hybridized carbons (Fsp3) is 0.615. The highest BCUT2D eigenvalue weighted by Gasteiger charge is 2.29. The molecule has 1 fully saturated rings. The Kier molecular flexibility index (Phi) is 9.13. The van der Waals surface area contributed by atoms with Crippen LogP contribution in [0, 0.1) is 11.8 Å². The summed E-state index contributed by atoms with van der Waals surface area (Å²) in [5, 5.41) is 13.4. The fourth-order valence-electron chi connectivity index (χ4n) is 4.38. The van der Waals surface area contributed by atoms with Crippen LogP contribution in [0.25, 0.3) is 0 Å². The lowest BCUT2D eigenvalue weighted by Crippen LogP contribution is -2.24. The van der Waals surface area contributed by atoms with Crippen molar-refractivity contribution in [2.24, 2.45) is 11.8 Å². The van der Waals surface area contributed by atoms with Crippen LogP contribution in [0.5, 0.6) is 0 Å². The Morgan fingerprint density at radius 1 is 1.03 bits per heavy atom. The molecule has 0 unspecified atom stereocenters. The van der Waals surface area contributed by atoms with Gasteiger partial charge >= 0.3 is 0 Å². The average Bonchev–Trinajstić information content (AvgIpc) is 3.49. The Morgan fingerprint density at radius 3 is 2.57 bits per heavy atom. The van der Waals surface area contributed by atoms with Crippen LogP contribution >= 0.6 is 0 Å². The Hall–Kier alpha value is -1.94. The molecule has 0 heterocycles. The molecule has 1 aromatic carbocycles. The molecule has 1 amide bonds. The Morgan fingerprint density at radius 2 is 1.80 bits per heavy atom. The summed E-state index contributed by atoms with van der Waals surface area (Å²) in [4.78, 5) is 24.0. The molecule has 30 heavy (non-hydrogen) atoms. The molecular formula is C26H37NO3. The number of rotatable bonds is 14. The highest BCUT2D eigenvalue weighted by atomic mass is 16.3. The lowest BCUT2D eigenvalue weighted by Gasteiger charge is -2.20. The molecule has 2 N–H and O–H groups in total. The van der Waals surface area contributed by atoms with Crippen molar-refractivity contribution in [3.05, 3.63) is 48.0 Å². The zero-order chi connectivity index (χ0) is 21.2. The highest BCUT2D eigenvalue weighted by molar-refractivity contribution is 5.94. The van der Waals surface area contributed by atoms with Gasteiger partial charge in [0.15, 0.2) is 5.78 Å². The summed E-state index contributed by atoms with van der Waals surface area (Å²) >= 11 is 0. The van der Waals surface area contributed by atoms with Gasteiger partial charge in [-0.1, -0.05) is 55.7 Å². The van der Waals surface area contributed by atoms with Crippen LogP contribution in [0.15, 0.2) is 42.5 Å². The van der Waals surface area contributed by atoms with Gasteiger partial charge < -0.3 is 10.4 Å². The van der Waals surface area contributed by atoms with E-state index in [4.69, 9.17) is 0 Å². The molecule has 0 spiro atoms.